The average Bonchev–Trinajstić information content (AvgIpc) is 3.27. The first-order valence-electron chi connectivity index (χ1n) is 12.4. The molecule has 4 aromatic rings. The molecule has 0 unspecified atom stereocenters. The van der Waals surface area contributed by atoms with Gasteiger partial charge in [-0.15, -0.1) is 0 Å². The van der Waals surface area contributed by atoms with E-state index >= 15 is 0 Å². The van der Waals surface area contributed by atoms with E-state index in [1.807, 2.05) is 6.20 Å². The van der Waals surface area contributed by atoms with Crippen LogP contribution in [0.1, 0.15) is 67.3 Å². The number of nitrogens with zero attached hydrogens (tertiary/aromatic N) is 3. The Balaban J connectivity index is 1.93. The van der Waals surface area contributed by atoms with E-state index < -0.39 is 0 Å². The highest BCUT2D eigenvalue weighted by molar-refractivity contribution is 6.78. The second-order valence-electron chi connectivity index (χ2n) is 10.3. The molecule has 0 amide bonds. The number of anilines is 2. The van der Waals surface area contributed by atoms with Crippen LogP contribution in [0.25, 0.3) is 11.4 Å². The number of aromatic nitrogens is 2. The van der Waals surface area contributed by atoms with Gasteiger partial charge in [0.25, 0.3) is 0 Å². The summed E-state index contributed by atoms with van der Waals surface area (Å²) in [5.41, 5.74) is 11.8. The van der Waals surface area contributed by atoms with Crippen LogP contribution in [0.2, 0.25) is 0 Å². The maximum Gasteiger partial charge on any atom is 0.422 e. The molecule has 1 aromatic heterocycles. The fourth-order valence-corrected chi connectivity index (χ4v) is 5.71. The molecule has 4 heteroatoms. The van der Waals surface area contributed by atoms with Gasteiger partial charge in [0.1, 0.15) is 5.82 Å². The van der Waals surface area contributed by atoms with Crippen molar-refractivity contribution in [2.45, 2.75) is 60.3 Å². The van der Waals surface area contributed by atoms with E-state index in [9.17, 15) is 0 Å². The summed E-state index contributed by atoms with van der Waals surface area (Å²) < 4.78 is 2.40. The molecular formula is C30H34BN3. The zero-order valence-electron chi connectivity index (χ0n) is 21.4. The fourth-order valence-electron chi connectivity index (χ4n) is 5.71. The molecule has 0 fully saturated rings. The number of hydrogen-bond acceptors (Lipinski definition) is 2. The van der Waals surface area contributed by atoms with E-state index in [0.29, 0.717) is 11.8 Å². The molecule has 2 heterocycles. The van der Waals surface area contributed by atoms with Crippen molar-refractivity contribution in [2.75, 3.05) is 4.81 Å². The minimum atomic E-state index is -0.0115. The lowest BCUT2D eigenvalue weighted by Crippen LogP contribution is -2.56. The molecule has 0 bridgehead atoms. The molecule has 1 aliphatic rings. The molecule has 1 aliphatic heterocycles. The lowest BCUT2D eigenvalue weighted by Gasteiger charge is -2.41. The predicted octanol–water partition coefficient (Wildman–Crippen LogP) is 7.12. The van der Waals surface area contributed by atoms with Crippen molar-refractivity contribution in [3.05, 3.63) is 94.8 Å². The Morgan fingerprint density at radius 1 is 0.735 bits per heavy atom. The highest BCUT2D eigenvalue weighted by Crippen LogP contribution is 2.44. The molecule has 0 saturated heterocycles. The smallest absolute Gasteiger partial charge is 0.361 e. The van der Waals surface area contributed by atoms with Crippen LogP contribution in [0.4, 0.5) is 11.4 Å². The third kappa shape index (κ3) is 3.39. The van der Waals surface area contributed by atoms with Gasteiger partial charge in [0.05, 0.1) is 0 Å². The number of hydrogen-bond donors (Lipinski definition) is 0. The Kier molecular flexibility index (Phi) is 5.63. The molecule has 0 saturated carbocycles. The highest BCUT2D eigenvalue weighted by Gasteiger charge is 2.42. The maximum atomic E-state index is 4.89. The van der Waals surface area contributed by atoms with Crippen LogP contribution in [0.5, 0.6) is 0 Å². The number of rotatable bonds is 4. The number of benzene rings is 3. The summed E-state index contributed by atoms with van der Waals surface area (Å²) in [6.45, 7) is 15.9. The van der Waals surface area contributed by atoms with Gasteiger partial charge >= 0.3 is 6.98 Å². The zero-order valence-corrected chi connectivity index (χ0v) is 21.4. The lowest BCUT2D eigenvalue weighted by atomic mass is 9.57. The zero-order chi connectivity index (χ0) is 24.1. The lowest BCUT2D eigenvalue weighted by molar-refractivity contribution is 0.842. The van der Waals surface area contributed by atoms with E-state index in [0.717, 1.165) is 5.82 Å². The molecule has 5 rings (SSSR count). The van der Waals surface area contributed by atoms with Crippen molar-refractivity contribution < 1.29 is 0 Å². The van der Waals surface area contributed by atoms with Gasteiger partial charge in [-0.2, -0.15) is 0 Å². The molecule has 0 spiro atoms. The van der Waals surface area contributed by atoms with Gasteiger partial charge in [-0.25, -0.2) is 4.98 Å². The second kappa shape index (κ2) is 8.50. The van der Waals surface area contributed by atoms with Crippen LogP contribution in [-0.4, -0.2) is 16.4 Å². The van der Waals surface area contributed by atoms with E-state index in [1.165, 1.54) is 50.2 Å². The third-order valence-corrected chi connectivity index (χ3v) is 7.27. The standard InChI is InChI=1S/C30H34BN3/c1-19(2)24-14-10-15-25(20(3)4)28(24)31-33-18-17-32-30(33)27-21(5)11-9-16-26(27)34(31)29-22(6)12-8-13-23(29)7/h8-20H,1-7H3. The normalized spacial score (nSPS) is 13.0. The van der Waals surface area contributed by atoms with Crippen molar-refractivity contribution >= 4 is 23.8 Å². The molecule has 0 N–H and O–H groups in total. The molecule has 3 aromatic carbocycles. The van der Waals surface area contributed by atoms with Crippen LogP contribution in [-0.2, 0) is 0 Å². The Labute approximate surface area is 204 Å². The average molecular weight is 447 g/mol. The molecule has 172 valence electrons. The first-order valence-corrected chi connectivity index (χ1v) is 12.4. The summed E-state index contributed by atoms with van der Waals surface area (Å²) >= 11 is 0. The summed E-state index contributed by atoms with van der Waals surface area (Å²) in [5, 5.41) is 0. The summed E-state index contributed by atoms with van der Waals surface area (Å²) in [6, 6.07) is 20.1. The third-order valence-electron chi connectivity index (χ3n) is 7.27. The number of fused-ring (bicyclic) bond motifs is 3. The maximum absolute atomic E-state index is 4.89. The fraction of sp³-hybridized carbons (Fsp3) is 0.300. The number of imidazole rings is 1. The molecule has 34 heavy (non-hydrogen) atoms. The van der Waals surface area contributed by atoms with E-state index in [-0.39, 0.29) is 6.98 Å². The number of para-hydroxylation sites is 1. The topological polar surface area (TPSA) is 21.1 Å². The minimum absolute atomic E-state index is 0.0115. The van der Waals surface area contributed by atoms with E-state index in [2.05, 4.69) is 119 Å². The Morgan fingerprint density at radius 3 is 1.91 bits per heavy atom. The summed E-state index contributed by atoms with van der Waals surface area (Å²) in [5.74, 6) is 1.88. The van der Waals surface area contributed by atoms with Crippen molar-refractivity contribution in [3.63, 3.8) is 0 Å². The van der Waals surface area contributed by atoms with Crippen molar-refractivity contribution in [1.82, 2.24) is 9.46 Å². The Morgan fingerprint density at radius 2 is 1.29 bits per heavy atom. The van der Waals surface area contributed by atoms with Crippen LogP contribution < -0.4 is 10.3 Å². The highest BCUT2D eigenvalue weighted by atomic mass is 15.2. The first kappa shape index (κ1) is 22.5. The van der Waals surface area contributed by atoms with Gasteiger partial charge in [-0.1, -0.05) is 76.2 Å². The van der Waals surface area contributed by atoms with Gasteiger partial charge in [-0.05, 0) is 72.0 Å². The Bertz CT molecular complexity index is 1320. The van der Waals surface area contributed by atoms with Crippen molar-refractivity contribution in [3.8, 4) is 11.4 Å². The van der Waals surface area contributed by atoms with Gasteiger partial charge in [-0.3, -0.25) is 0 Å². The van der Waals surface area contributed by atoms with Crippen LogP contribution in [0.3, 0.4) is 0 Å². The molecule has 0 aliphatic carbocycles. The summed E-state index contributed by atoms with van der Waals surface area (Å²) in [4.78, 5) is 7.47. The van der Waals surface area contributed by atoms with Gasteiger partial charge in [0, 0.05) is 29.3 Å². The largest absolute Gasteiger partial charge is 0.422 e. The van der Waals surface area contributed by atoms with Crippen LogP contribution >= 0.6 is 0 Å². The first-order chi connectivity index (χ1) is 16.3. The van der Waals surface area contributed by atoms with Crippen LogP contribution in [0.15, 0.2) is 67.0 Å². The molecular weight excluding hydrogens is 413 g/mol. The van der Waals surface area contributed by atoms with Gasteiger partial charge in [0.2, 0.25) is 0 Å². The van der Waals surface area contributed by atoms with Crippen LogP contribution in [0, 0.1) is 20.8 Å². The summed E-state index contributed by atoms with van der Waals surface area (Å²) in [6.07, 6.45) is 4.12. The van der Waals surface area contributed by atoms with Crippen molar-refractivity contribution in [2.24, 2.45) is 0 Å². The Hall–Kier alpha value is -3.27. The van der Waals surface area contributed by atoms with Gasteiger partial charge in [0.15, 0.2) is 0 Å². The molecule has 0 atom stereocenters. The molecule has 0 radical (unpaired) electrons. The monoisotopic (exact) mass is 447 g/mol. The molecule has 3 nitrogen and oxygen atoms in total. The van der Waals surface area contributed by atoms with E-state index in [1.54, 1.807) is 0 Å². The number of aryl methyl sites for hydroxylation is 3. The van der Waals surface area contributed by atoms with Crippen molar-refractivity contribution in [1.29, 1.82) is 0 Å². The van der Waals surface area contributed by atoms with Gasteiger partial charge < -0.3 is 9.29 Å². The minimum Gasteiger partial charge on any atom is -0.361 e. The SMILES string of the molecule is Cc1cccc2c1-c1nccn1B(c1c(C(C)C)cccc1C(C)C)N2c1c(C)cccc1C. The predicted molar refractivity (Wildman–Crippen MR) is 146 cm³/mol. The summed E-state index contributed by atoms with van der Waals surface area (Å²) in [7, 11) is 0. The quantitative estimate of drug-likeness (QED) is 0.311. The van der Waals surface area contributed by atoms with E-state index in [4.69, 9.17) is 4.98 Å². The second-order valence-corrected chi connectivity index (χ2v) is 10.3.